The van der Waals surface area contributed by atoms with Crippen molar-refractivity contribution in [1.29, 1.82) is 0 Å². The van der Waals surface area contributed by atoms with Gasteiger partial charge >= 0.3 is 0 Å². The van der Waals surface area contributed by atoms with Gasteiger partial charge in [-0.3, -0.25) is 14.4 Å². The number of hydrogen-bond acceptors (Lipinski definition) is 5. The predicted octanol–water partition coefficient (Wildman–Crippen LogP) is 3.56. The molecule has 8 heteroatoms. The lowest BCUT2D eigenvalue weighted by molar-refractivity contribution is 0.0985. The molecule has 0 radical (unpaired) electrons. The number of carbonyl (C=O) groups excluding carboxylic acids is 1. The number of carbonyl (C=O) groups is 1. The molecule has 0 aliphatic carbocycles. The highest BCUT2D eigenvalue weighted by Gasteiger charge is 2.47. The molecule has 0 spiro atoms. The third-order valence-corrected chi connectivity index (χ3v) is 7.46. The van der Waals surface area contributed by atoms with Crippen LogP contribution in [0.15, 0.2) is 36.7 Å². The number of nitrogens with zero attached hydrogens (tertiary/aromatic N) is 5. The summed E-state index contributed by atoms with van der Waals surface area (Å²) in [6, 6.07) is 10.8. The van der Waals surface area contributed by atoms with Crippen molar-refractivity contribution in [2.24, 2.45) is 7.05 Å². The highest BCUT2D eigenvalue weighted by Crippen LogP contribution is 2.54. The summed E-state index contributed by atoms with van der Waals surface area (Å²) >= 11 is 0. The fourth-order valence-corrected chi connectivity index (χ4v) is 5.77. The van der Waals surface area contributed by atoms with E-state index in [2.05, 4.69) is 45.1 Å². The number of morpholine rings is 1. The lowest BCUT2D eigenvalue weighted by Crippen LogP contribution is -2.43. The second-order valence-electron chi connectivity index (χ2n) is 9.20. The van der Waals surface area contributed by atoms with Crippen molar-refractivity contribution in [3.63, 3.8) is 0 Å². The summed E-state index contributed by atoms with van der Waals surface area (Å²) in [5, 5.41) is 4.58. The maximum atomic E-state index is 13.6. The normalized spacial score (nSPS) is 21.2. The first kappa shape index (κ1) is 18.9. The third-order valence-electron chi connectivity index (χ3n) is 7.46. The number of rotatable bonds is 1. The van der Waals surface area contributed by atoms with Crippen LogP contribution >= 0.6 is 0 Å². The number of ether oxygens (including phenoxy) is 1. The van der Waals surface area contributed by atoms with Gasteiger partial charge in [0.25, 0.3) is 5.91 Å². The molecule has 1 amide bonds. The third kappa shape index (κ3) is 2.36. The van der Waals surface area contributed by atoms with Crippen LogP contribution in [0, 0.1) is 6.92 Å². The second-order valence-corrected chi connectivity index (χ2v) is 9.20. The van der Waals surface area contributed by atoms with Crippen LogP contribution < -0.4 is 9.80 Å². The number of aromatic amines is 1. The van der Waals surface area contributed by atoms with E-state index in [0.29, 0.717) is 11.7 Å². The number of aromatic nitrogens is 4. The molecule has 2 aromatic heterocycles. The van der Waals surface area contributed by atoms with Crippen molar-refractivity contribution in [2.75, 3.05) is 29.6 Å². The second kappa shape index (κ2) is 6.45. The van der Waals surface area contributed by atoms with Gasteiger partial charge in [-0.2, -0.15) is 5.10 Å². The smallest absolute Gasteiger partial charge is 0.280 e. The Morgan fingerprint density at radius 2 is 2.09 bits per heavy atom. The molecule has 166 valence electrons. The zero-order valence-electron chi connectivity index (χ0n) is 18.8. The van der Waals surface area contributed by atoms with Crippen molar-refractivity contribution < 1.29 is 9.53 Å². The van der Waals surface area contributed by atoms with Gasteiger partial charge in [-0.15, -0.1) is 0 Å². The van der Waals surface area contributed by atoms with Crippen LogP contribution in [0.25, 0.3) is 22.2 Å². The maximum absolute atomic E-state index is 13.6. The maximum Gasteiger partial charge on any atom is 0.280 e. The average molecular weight is 441 g/mol. The van der Waals surface area contributed by atoms with E-state index >= 15 is 0 Å². The average Bonchev–Trinajstić information content (AvgIpc) is 3.49. The van der Waals surface area contributed by atoms with E-state index in [0.717, 1.165) is 64.4 Å². The minimum absolute atomic E-state index is 0.0497. The summed E-state index contributed by atoms with van der Waals surface area (Å²) in [4.78, 5) is 25.8. The van der Waals surface area contributed by atoms with E-state index in [1.807, 2.05) is 35.7 Å². The lowest BCUT2D eigenvalue weighted by atomic mass is 9.85. The molecule has 1 N–H and O–H groups in total. The fraction of sp³-hybridized carbons (Fsp3) is 0.320. The number of fused-ring (bicyclic) bond motifs is 10. The van der Waals surface area contributed by atoms with Gasteiger partial charge in [-0.25, -0.2) is 4.98 Å². The van der Waals surface area contributed by atoms with Gasteiger partial charge < -0.3 is 14.6 Å². The standard InChI is InChI=1S/C25H24N6O2/c1-13-11-33-9-8-30(13)15-4-5-16-17(10-15)21-19(7-6-18-22(21)27-12-26-18)31-24(16)20-14(2)29(3)28-23(20)25(31)32/h4-7,10,12-13,24H,8-9,11H2,1-3H3,(H,26,27)/t13-,24?/m1/s1. The number of anilines is 2. The van der Waals surface area contributed by atoms with Crippen molar-refractivity contribution in [3.8, 4) is 11.1 Å². The Morgan fingerprint density at radius 3 is 2.94 bits per heavy atom. The molecule has 2 atom stereocenters. The number of nitrogens with one attached hydrogen (secondary N) is 1. The SMILES string of the molecule is Cc1c2c(nn1C)C(=O)N1c3ccc4[nH]cnc4c3-c3cc(N4CCOC[C@H]4C)ccc3C21. The predicted molar refractivity (Wildman–Crippen MR) is 126 cm³/mol. The van der Waals surface area contributed by atoms with Crippen LogP contribution in [-0.2, 0) is 11.8 Å². The molecule has 8 nitrogen and oxygen atoms in total. The van der Waals surface area contributed by atoms with Gasteiger partial charge in [-0.05, 0) is 49.2 Å². The van der Waals surface area contributed by atoms with E-state index in [1.165, 1.54) is 5.69 Å². The minimum Gasteiger partial charge on any atom is -0.377 e. The molecule has 2 aromatic carbocycles. The van der Waals surface area contributed by atoms with E-state index in [4.69, 9.17) is 4.74 Å². The van der Waals surface area contributed by atoms with Crippen LogP contribution in [-0.4, -0.2) is 51.5 Å². The molecule has 5 heterocycles. The summed E-state index contributed by atoms with van der Waals surface area (Å²) in [7, 11) is 1.90. The van der Waals surface area contributed by atoms with Gasteiger partial charge in [0.2, 0.25) is 0 Å². The summed E-state index contributed by atoms with van der Waals surface area (Å²) in [6.07, 6.45) is 1.72. The van der Waals surface area contributed by atoms with E-state index < -0.39 is 0 Å². The first-order valence-electron chi connectivity index (χ1n) is 11.4. The lowest BCUT2D eigenvalue weighted by Gasteiger charge is -2.38. The topological polar surface area (TPSA) is 79.3 Å². The van der Waals surface area contributed by atoms with E-state index in [1.54, 1.807) is 6.33 Å². The number of hydrogen-bond donors (Lipinski definition) is 1. The molecule has 33 heavy (non-hydrogen) atoms. The highest BCUT2D eigenvalue weighted by atomic mass is 16.5. The number of imidazole rings is 1. The first-order chi connectivity index (χ1) is 16.0. The molecular weight excluding hydrogens is 416 g/mol. The van der Waals surface area contributed by atoms with Crippen molar-refractivity contribution in [3.05, 3.63) is 59.2 Å². The number of benzene rings is 2. The van der Waals surface area contributed by atoms with Gasteiger partial charge in [0.15, 0.2) is 5.69 Å². The van der Waals surface area contributed by atoms with Crippen molar-refractivity contribution in [2.45, 2.75) is 25.9 Å². The van der Waals surface area contributed by atoms with Gasteiger partial charge in [0, 0.05) is 42.1 Å². The fourth-order valence-electron chi connectivity index (χ4n) is 5.77. The summed E-state index contributed by atoms with van der Waals surface area (Å²) in [5.41, 5.74) is 9.73. The molecule has 3 aliphatic rings. The first-order valence-corrected chi connectivity index (χ1v) is 11.4. The van der Waals surface area contributed by atoms with Crippen LogP contribution in [0.1, 0.15) is 40.3 Å². The van der Waals surface area contributed by atoms with Crippen LogP contribution in [0.4, 0.5) is 11.4 Å². The summed E-state index contributed by atoms with van der Waals surface area (Å²) in [5.74, 6) is -0.0497. The molecule has 0 bridgehead atoms. The Hall–Kier alpha value is -3.65. The molecule has 1 saturated heterocycles. The Kier molecular flexibility index (Phi) is 3.69. The summed E-state index contributed by atoms with van der Waals surface area (Å²) in [6.45, 7) is 6.55. The van der Waals surface area contributed by atoms with Crippen LogP contribution in [0.3, 0.4) is 0 Å². The zero-order chi connectivity index (χ0) is 22.4. The Balaban J connectivity index is 1.52. The van der Waals surface area contributed by atoms with Gasteiger partial charge in [0.05, 0.1) is 42.3 Å². The van der Waals surface area contributed by atoms with Crippen molar-refractivity contribution in [1.82, 2.24) is 19.7 Å². The van der Waals surface area contributed by atoms with Crippen molar-refractivity contribution >= 4 is 28.3 Å². The molecule has 4 aromatic rings. The number of aryl methyl sites for hydroxylation is 1. The van der Waals surface area contributed by atoms with E-state index in [-0.39, 0.29) is 11.9 Å². The number of amides is 1. The Bertz CT molecular complexity index is 1470. The van der Waals surface area contributed by atoms with Crippen LogP contribution in [0.5, 0.6) is 0 Å². The largest absolute Gasteiger partial charge is 0.377 e. The van der Waals surface area contributed by atoms with Gasteiger partial charge in [-0.1, -0.05) is 6.07 Å². The van der Waals surface area contributed by atoms with E-state index in [9.17, 15) is 4.79 Å². The molecule has 3 aliphatic heterocycles. The quantitative estimate of drug-likeness (QED) is 0.490. The zero-order valence-corrected chi connectivity index (χ0v) is 18.8. The highest BCUT2D eigenvalue weighted by molar-refractivity contribution is 6.17. The van der Waals surface area contributed by atoms with Gasteiger partial charge in [0.1, 0.15) is 0 Å². The molecular formula is C25H24N6O2. The molecule has 1 unspecified atom stereocenters. The number of H-pyrrole nitrogens is 1. The molecule has 0 saturated carbocycles. The molecule has 1 fully saturated rings. The molecule has 7 rings (SSSR count). The summed E-state index contributed by atoms with van der Waals surface area (Å²) < 4.78 is 7.48. The monoisotopic (exact) mass is 440 g/mol. The Morgan fingerprint density at radius 1 is 1.21 bits per heavy atom. The Labute approximate surface area is 190 Å². The minimum atomic E-state index is -0.184. The van der Waals surface area contributed by atoms with Crippen LogP contribution in [0.2, 0.25) is 0 Å².